The number of carbonyl (C=O) groups is 1. The van der Waals surface area contributed by atoms with Crippen LogP contribution < -0.4 is 19.5 Å². The van der Waals surface area contributed by atoms with Gasteiger partial charge in [0.1, 0.15) is 11.5 Å². The second-order valence-electron chi connectivity index (χ2n) is 8.13. The molecule has 2 heterocycles. The second-order valence-corrected chi connectivity index (χ2v) is 8.13. The molecule has 3 aromatic rings. The van der Waals surface area contributed by atoms with E-state index in [9.17, 15) is 4.79 Å². The number of carbonyl (C=O) groups excluding carboxylic acids is 1. The van der Waals surface area contributed by atoms with Gasteiger partial charge >= 0.3 is 0 Å². The summed E-state index contributed by atoms with van der Waals surface area (Å²) in [6.07, 6.45) is 2.39. The highest BCUT2D eigenvalue weighted by Crippen LogP contribution is 2.43. The van der Waals surface area contributed by atoms with E-state index in [1.54, 1.807) is 21.3 Å². The number of ether oxygens (including phenoxy) is 3. The molecule has 166 valence electrons. The number of hydrogen-bond donors (Lipinski definition) is 1. The van der Waals surface area contributed by atoms with Crippen molar-refractivity contribution in [2.75, 3.05) is 26.6 Å². The van der Waals surface area contributed by atoms with Crippen LogP contribution in [0.2, 0.25) is 0 Å². The molecular formula is C24H26N4O4. The Morgan fingerprint density at radius 1 is 1.00 bits per heavy atom. The van der Waals surface area contributed by atoms with Gasteiger partial charge in [-0.25, -0.2) is 4.68 Å². The number of fused-ring (bicyclic) bond motifs is 2. The summed E-state index contributed by atoms with van der Waals surface area (Å²) in [4.78, 5) is 17.9. The first kappa shape index (κ1) is 20.4. The Bertz CT molecular complexity index is 1140. The molecule has 3 atom stereocenters. The highest BCUT2D eigenvalue weighted by molar-refractivity contribution is 5.84. The molecule has 1 aliphatic carbocycles. The van der Waals surface area contributed by atoms with Gasteiger partial charge < -0.3 is 19.5 Å². The molecule has 32 heavy (non-hydrogen) atoms. The van der Waals surface area contributed by atoms with Gasteiger partial charge in [-0.05, 0) is 54.8 Å². The quantitative estimate of drug-likeness (QED) is 0.655. The number of nitrogens with zero attached hydrogens (tertiary/aromatic N) is 3. The minimum absolute atomic E-state index is 0.0229. The third-order valence-electron chi connectivity index (χ3n) is 6.39. The van der Waals surface area contributed by atoms with Gasteiger partial charge in [-0.3, -0.25) is 4.79 Å². The number of hydrogen-bond acceptors (Lipinski definition) is 7. The molecule has 2 aromatic carbocycles. The molecular weight excluding hydrogens is 408 g/mol. The molecule has 1 N–H and O–H groups in total. The Balaban J connectivity index is 1.62. The number of Topliss-reactive ketones (excluding diaryl/α,β-unsaturated/α-hetero) is 1. The molecule has 0 amide bonds. The van der Waals surface area contributed by atoms with Crippen LogP contribution in [0.5, 0.6) is 17.2 Å². The first-order chi connectivity index (χ1) is 15.6. The van der Waals surface area contributed by atoms with Crippen LogP contribution in [0.25, 0.3) is 11.4 Å². The standard InChI is InChI=1S/C24H26N4O4/c1-30-16-10-7-14(8-11-16)23-26-24-25-17-5-4-6-18(29)21(17)22(28(24)27-23)15-9-12-19(31-2)20(13-15)32-3/h7-13,17,21-22H,4-6H2,1-3H3,(H,25,26,27)/t17-,21-,22+/m1/s1. The van der Waals surface area contributed by atoms with E-state index in [-0.39, 0.29) is 23.8 Å². The van der Waals surface area contributed by atoms with Gasteiger partial charge in [-0.15, -0.1) is 5.10 Å². The monoisotopic (exact) mass is 434 g/mol. The fourth-order valence-electron chi connectivity index (χ4n) is 4.81. The van der Waals surface area contributed by atoms with E-state index < -0.39 is 0 Å². The molecule has 2 aliphatic rings. The number of anilines is 1. The summed E-state index contributed by atoms with van der Waals surface area (Å²) in [6.45, 7) is 0. The lowest BCUT2D eigenvalue weighted by molar-refractivity contribution is -0.126. The van der Waals surface area contributed by atoms with E-state index in [1.165, 1.54) is 0 Å². The number of aromatic nitrogens is 3. The zero-order valence-corrected chi connectivity index (χ0v) is 18.4. The van der Waals surface area contributed by atoms with Crippen molar-refractivity contribution in [3.8, 4) is 28.6 Å². The van der Waals surface area contributed by atoms with Crippen LogP contribution in [0.1, 0.15) is 30.9 Å². The Labute approximate surface area is 186 Å². The van der Waals surface area contributed by atoms with Crippen molar-refractivity contribution in [1.29, 1.82) is 0 Å². The van der Waals surface area contributed by atoms with Gasteiger partial charge in [-0.2, -0.15) is 4.98 Å². The van der Waals surface area contributed by atoms with Crippen LogP contribution in [-0.2, 0) is 4.79 Å². The molecule has 8 nitrogen and oxygen atoms in total. The lowest BCUT2D eigenvalue weighted by atomic mass is 9.75. The van der Waals surface area contributed by atoms with Gasteiger partial charge in [0, 0.05) is 18.0 Å². The highest BCUT2D eigenvalue weighted by atomic mass is 16.5. The van der Waals surface area contributed by atoms with E-state index in [4.69, 9.17) is 24.3 Å². The van der Waals surface area contributed by atoms with Crippen LogP contribution >= 0.6 is 0 Å². The Morgan fingerprint density at radius 3 is 2.50 bits per heavy atom. The van der Waals surface area contributed by atoms with Crippen molar-refractivity contribution in [2.24, 2.45) is 5.92 Å². The van der Waals surface area contributed by atoms with E-state index in [0.29, 0.717) is 29.7 Å². The molecule has 0 spiro atoms. The smallest absolute Gasteiger partial charge is 0.222 e. The van der Waals surface area contributed by atoms with Gasteiger partial charge in [0.05, 0.1) is 33.3 Å². The van der Waals surface area contributed by atoms with Crippen molar-refractivity contribution < 1.29 is 19.0 Å². The number of ketones is 1. The lowest BCUT2D eigenvalue weighted by Crippen LogP contribution is -2.48. The third kappa shape index (κ3) is 3.36. The molecule has 0 radical (unpaired) electrons. The largest absolute Gasteiger partial charge is 0.497 e. The predicted octanol–water partition coefficient (Wildman–Crippen LogP) is 3.72. The normalized spacial score (nSPS) is 21.8. The summed E-state index contributed by atoms with van der Waals surface area (Å²) in [7, 11) is 4.86. The molecule has 1 aliphatic heterocycles. The van der Waals surface area contributed by atoms with Gasteiger partial charge in [0.15, 0.2) is 17.3 Å². The Kier molecular flexibility index (Phi) is 5.20. The molecule has 0 bridgehead atoms. The summed E-state index contributed by atoms with van der Waals surface area (Å²) in [6, 6.07) is 13.2. The topological polar surface area (TPSA) is 87.5 Å². The second kappa shape index (κ2) is 8.18. The SMILES string of the molecule is COc1ccc(-c2nc3n(n2)[C@@H](c2ccc(OC)c(OC)c2)[C@H]2C(=O)CCC[C@H]2N3)cc1. The van der Waals surface area contributed by atoms with Crippen LogP contribution in [0.4, 0.5) is 5.95 Å². The average molecular weight is 434 g/mol. The summed E-state index contributed by atoms with van der Waals surface area (Å²) < 4.78 is 18.1. The third-order valence-corrected chi connectivity index (χ3v) is 6.39. The number of rotatable bonds is 5. The van der Waals surface area contributed by atoms with Gasteiger partial charge in [0.2, 0.25) is 5.95 Å². The Morgan fingerprint density at radius 2 is 1.78 bits per heavy atom. The van der Waals surface area contributed by atoms with Gasteiger partial charge in [-0.1, -0.05) is 6.07 Å². The molecule has 0 unspecified atom stereocenters. The van der Waals surface area contributed by atoms with E-state index in [0.717, 1.165) is 29.7 Å². The van der Waals surface area contributed by atoms with Crippen molar-refractivity contribution in [3.05, 3.63) is 48.0 Å². The fourth-order valence-corrected chi connectivity index (χ4v) is 4.81. The fraction of sp³-hybridized carbons (Fsp3) is 0.375. The number of nitrogens with one attached hydrogen (secondary N) is 1. The maximum absolute atomic E-state index is 13.1. The van der Waals surface area contributed by atoms with Crippen LogP contribution in [0.15, 0.2) is 42.5 Å². The first-order valence-corrected chi connectivity index (χ1v) is 10.7. The van der Waals surface area contributed by atoms with Crippen molar-refractivity contribution in [3.63, 3.8) is 0 Å². The zero-order chi connectivity index (χ0) is 22.2. The van der Waals surface area contributed by atoms with E-state index in [2.05, 4.69) is 5.32 Å². The molecule has 1 fully saturated rings. The molecule has 1 aromatic heterocycles. The van der Waals surface area contributed by atoms with Crippen LogP contribution in [0, 0.1) is 5.92 Å². The Hall–Kier alpha value is -3.55. The summed E-state index contributed by atoms with van der Waals surface area (Å²) in [5.74, 6) is 3.35. The first-order valence-electron chi connectivity index (χ1n) is 10.7. The molecule has 8 heteroatoms. The molecule has 5 rings (SSSR count). The summed E-state index contributed by atoms with van der Waals surface area (Å²) in [5, 5.41) is 8.32. The minimum atomic E-state index is -0.275. The number of benzene rings is 2. The zero-order valence-electron chi connectivity index (χ0n) is 18.4. The van der Waals surface area contributed by atoms with E-state index >= 15 is 0 Å². The highest BCUT2D eigenvalue weighted by Gasteiger charge is 2.45. The summed E-state index contributed by atoms with van der Waals surface area (Å²) >= 11 is 0. The maximum Gasteiger partial charge on any atom is 0.222 e. The van der Waals surface area contributed by atoms with Crippen LogP contribution in [0.3, 0.4) is 0 Å². The van der Waals surface area contributed by atoms with Crippen molar-refractivity contribution in [1.82, 2.24) is 14.8 Å². The van der Waals surface area contributed by atoms with Gasteiger partial charge in [0.25, 0.3) is 0 Å². The molecule has 0 saturated heterocycles. The number of methoxy groups -OCH3 is 3. The maximum atomic E-state index is 13.1. The van der Waals surface area contributed by atoms with Crippen molar-refractivity contribution in [2.45, 2.75) is 31.3 Å². The summed E-state index contributed by atoms with van der Waals surface area (Å²) in [5.41, 5.74) is 1.83. The average Bonchev–Trinajstić information content (AvgIpc) is 3.26. The van der Waals surface area contributed by atoms with Crippen LogP contribution in [-0.4, -0.2) is 47.9 Å². The van der Waals surface area contributed by atoms with E-state index in [1.807, 2.05) is 47.1 Å². The molecule has 1 saturated carbocycles. The lowest BCUT2D eigenvalue weighted by Gasteiger charge is -2.41. The van der Waals surface area contributed by atoms with Crippen molar-refractivity contribution >= 4 is 11.7 Å². The minimum Gasteiger partial charge on any atom is -0.497 e. The predicted molar refractivity (Wildman–Crippen MR) is 119 cm³/mol.